The first-order valence-corrected chi connectivity index (χ1v) is 5.44. The highest BCUT2D eigenvalue weighted by atomic mass is 16.3. The minimum absolute atomic E-state index is 0.0327. The van der Waals surface area contributed by atoms with E-state index in [-0.39, 0.29) is 12.2 Å². The molecule has 17 heavy (non-hydrogen) atoms. The second kappa shape index (κ2) is 4.93. The number of ketones is 1. The van der Waals surface area contributed by atoms with Crippen LogP contribution < -0.4 is 5.32 Å². The van der Waals surface area contributed by atoms with Crippen molar-refractivity contribution in [2.24, 2.45) is 4.99 Å². The van der Waals surface area contributed by atoms with E-state index >= 15 is 0 Å². The maximum Gasteiger partial charge on any atom is 0.137 e. The van der Waals surface area contributed by atoms with Gasteiger partial charge >= 0.3 is 0 Å². The molecular formula is C13H14N2O2. The minimum Gasteiger partial charge on any atom is -0.388 e. The van der Waals surface area contributed by atoms with Crippen LogP contribution in [0.15, 0.2) is 52.5 Å². The maximum atomic E-state index is 11.0. The molecule has 0 aromatic carbocycles. The second-order valence-corrected chi connectivity index (χ2v) is 3.95. The molecule has 88 valence electrons. The van der Waals surface area contributed by atoms with E-state index in [0.29, 0.717) is 5.82 Å². The van der Waals surface area contributed by atoms with Crippen LogP contribution in [0.5, 0.6) is 0 Å². The van der Waals surface area contributed by atoms with Gasteiger partial charge < -0.3 is 10.4 Å². The molecule has 0 unspecified atom stereocenters. The Balaban J connectivity index is 2.22. The normalized spacial score (nSPS) is 23.5. The Bertz CT molecular complexity index is 482. The molecule has 2 aliphatic rings. The fourth-order valence-corrected chi connectivity index (χ4v) is 1.79. The van der Waals surface area contributed by atoms with Gasteiger partial charge in [0.15, 0.2) is 0 Å². The highest BCUT2D eigenvalue weighted by molar-refractivity contribution is 5.77. The molecule has 4 nitrogen and oxygen atoms in total. The quantitative estimate of drug-likeness (QED) is 0.766. The van der Waals surface area contributed by atoms with E-state index in [9.17, 15) is 9.90 Å². The molecule has 0 saturated heterocycles. The SMILES string of the molecule is CC(=O)C[C@@H](O)C1=CC=C/C1=C1\N=CC=CN1. The van der Waals surface area contributed by atoms with Crippen LogP contribution in [0.3, 0.4) is 0 Å². The molecular weight excluding hydrogens is 216 g/mol. The zero-order chi connectivity index (χ0) is 12.3. The number of Topliss-reactive ketones (excluding diaryl/α,β-unsaturated/α-hetero) is 1. The predicted octanol–water partition coefficient (Wildman–Crippen LogP) is 1.22. The number of aliphatic hydroxyl groups excluding tert-OH is 1. The first-order chi connectivity index (χ1) is 8.18. The molecule has 2 N–H and O–H groups in total. The van der Waals surface area contributed by atoms with Gasteiger partial charge in [0.1, 0.15) is 11.6 Å². The van der Waals surface area contributed by atoms with Crippen LogP contribution in [0.25, 0.3) is 0 Å². The number of aliphatic hydroxyl groups is 1. The highest BCUT2D eigenvalue weighted by Crippen LogP contribution is 2.26. The van der Waals surface area contributed by atoms with Crippen molar-refractivity contribution in [2.45, 2.75) is 19.4 Å². The molecule has 1 atom stereocenters. The van der Waals surface area contributed by atoms with Crippen molar-refractivity contribution in [2.75, 3.05) is 0 Å². The van der Waals surface area contributed by atoms with Crippen molar-refractivity contribution in [1.82, 2.24) is 5.32 Å². The van der Waals surface area contributed by atoms with Crippen LogP contribution in [-0.4, -0.2) is 23.2 Å². The highest BCUT2D eigenvalue weighted by Gasteiger charge is 2.20. The van der Waals surface area contributed by atoms with Crippen LogP contribution in [0.4, 0.5) is 0 Å². The summed E-state index contributed by atoms with van der Waals surface area (Å²) >= 11 is 0. The molecule has 0 spiro atoms. The standard InChI is InChI=1S/C13H14N2O2/c1-9(16)8-12(17)10-4-2-5-11(10)13-14-6-3-7-15-13/h2-7,12,14,17H,8H2,1H3/b13-11+/t12-/m1/s1. The maximum absolute atomic E-state index is 11.0. The summed E-state index contributed by atoms with van der Waals surface area (Å²) in [5, 5.41) is 13.0. The average molecular weight is 230 g/mol. The fourth-order valence-electron chi connectivity index (χ4n) is 1.79. The van der Waals surface area contributed by atoms with Crippen molar-refractivity contribution in [1.29, 1.82) is 0 Å². The number of hydrogen-bond donors (Lipinski definition) is 2. The third kappa shape index (κ3) is 2.60. The van der Waals surface area contributed by atoms with Gasteiger partial charge in [-0.15, -0.1) is 0 Å². The second-order valence-electron chi connectivity index (χ2n) is 3.95. The number of allylic oxidation sites excluding steroid dienone is 4. The van der Waals surface area contributed by atoms with Crippen LogP contribution in [-0.2, 0) is 4.79 Å². The molecule has 0 fully saturated rings. The van der Waals surface area contributed by atoms with Gasteiger partial charge in [-0.05, 0) is 18.6 Å². The molecule has 2 rings (SSSR count). The lowest BCUT2D eigenvalue weighted by Crippen LogP contribution is -2.17. The first kappa shape index (κ1) is 11.5. The summed E-state index contributed by atoms with van der Waals surface area (Å²) in [6, 6.07) is 0. The van der Waals surface area contributed by atoms with Gasteiger partial charge in [0.2, 0.25) is 0 Å². The van der Waals surface area contributed by atoms with Crippen LogP contribution in [0, 0.1) is 0 Å². The zero-order valence-electron chi connectivity index (χ0n) is 9.55. The Morgan fingerprint density at radius 1 is 1.53 bits per heavy atom. The van der Waals surface area contributed by atoms with Crippen LogP contribution >= 0.6 is 0 Å². The number of carbonyl (C=O) groups is 1. The van der Waals surface area contributed by atoms with Gasteiger partial charge in [0, 0.05) is 24.4 Å². The summed E-state index contributed by atoms with van der Waals surface area (Å²) < 4.78 is 0. The number of hydrogen-bond acceptors (Lipinski definition) is 4. The van der Waals surface area contributed by atoms with E-state index < -0.39 is 6.10 Å². The summed E-state index contributed by atoms with van der Waals surface area (Å²) in [5.74, 6) is 0.657. The van der Waals surface area contributed by atoms with Gasteiger partial charge in [-0.3, -0.25) is 4.79 Å². The lowest BCUT2D eigenvalue weighted by Gasteiger charge is -2.15. The molecule has 1 aliphatic carbocycles. The van der Waals surface area contributed by atoms with Gasteiger partial charge in [-0.1, -0.05) is 18.2 Å². The monoisotopic (exact) mass is 230 g/mol. The molecule has 0 aromatic rings. The van der Waals surface area contributed by atoms with Crippen molar-refractivity contribution in [3.8, 4) is 0 Å². The lowest BCUT2D eigenvalue weighted by molar-refractivity contribution is -0.118. The summed E-state index contributed by atoms with van der Waals surface area (Å²) in [5.41, 5.74) is 1.56. The molecule has 0 bridgehead atoms. The Morgan fingerprint density at radius 2 is 2.35 bits per heavy atom. The lowest BCUT2D eigenvalue weighted by atomic mass is 10.00. The average Bonchev–Trinajstić information content (AvgIpc) is 2.78. The van der Waals surface area contributed by atoms with E-state index in [1.165, 1.54) is 6.92 Å². The molecule has 1 heterocycles. The molecule has 1 aliphatic heterocycles. The summed E-state index contributed by atoms with van der Waals surface area (Å²) in [6.45, 7) is 1.47. The number of rotatable bonds is 3. The van der Waals surface area contributed by atoms with E-state index in [1.807, 2.05) is 18.2 Å². The van der Waals surface area contributed by atoms with Crippen molar-refractivity contribution in [3.63, 3.8) is 0 Å². The van der Waals surface area contributed by atoms with Gasteiger partial charge in [-0.2, -0.15) is 0 Å². The molecule has 0 saturated carbocycles. The van der Waals surface area contributed by atoms with Crippen molar-refractivity contribution in [3.05, 3.63) is 47.5 Å². The third-order valence-corrected chi connectivity index (χ3v) is 2.55. The third-order valence-electron chi connectivity index (χ3n) is 2.55. The largest absolute Gasteiger partial charge is 0.388 e. The number of aliphatic imine (C=N–C) groups is 1. The summed E-state index contributed by atoms with van der Waals surface area (Å²) in [6.07, 6.45) is 10.1. The molecule has 0 amide bonds. The van der Waals surface area contributed by atoms with Crippen LogP contribution in [0.1, 0.15) is 13.3 Å². The smallest absolute Gasteiger partial charge is 0.137 e. The fraction of sp³-hybridized carbons (Fsp3) is 0.231. The van der Waals surface area contributed by atoms with E-state index in [2.05, 4.69) is 10.3 Å². The zero-order valence-corrected chi connectivity index (χ0v) is 9.55. The van der Waals surface area contributed by atoms with E-state index in [0.717, 1.165) is 11.1 Å². The number of nitrogens with one attached hydrogen (secondary N) is 1. The molecule has 0 radical (unpaired) electrons. The predicted molar refractivity (Wildman–Crippen MR) is 66.3 cm³/mol. The topological polar surface area (TPSA) is 61.7 Å². The summed E-state index contributed by atoms with van der Waals surface area (Å²) in [4.78, 5) is 15.2. The first-order valence-electron chi connectivity index (χ1n) is 5.44. The van der Waals surface area contributed by atoms with Gasteiger partial charge in [0.25, 0.3) is 0 Å². The number of carbonyl (C=O) groups excluding carboxylic acids is 1. The van der Waals surface area contributed by atoms with Gasteiger partial charge in [0.05, 0.1) is 6.10 Å². The molecule has 0 aromatic heterocycles. The Morgan fingerprint density at radius 3 is 3.00 bits per heavy atom. The van der Waals surface area contributed by atoms with Gasteiger partial charge in [-0.25, -0.2) is 4.99 Å². The van der Waals surface area contributed by atoms with E-state index in [4.69, 9.17) is 0 Å². The van der Waals surface area contributed by atoms with E-state index in [1.54, 1.807) is 18.5 Å². The Hall–Kier alpha value is -1.94. The summed E-state index contributed by atoms with van der Waals surface area (Å²) in [7, 11) is 0. The Labute approximate surface area is 99.7 Å². The molecule has 4 heteroatoms. The van der Waals surface area contributed by atoms with Crippen molar-refractivity contribution < 1.29 is 9.90 Å². The van der Waals surface area contributed by atoms with Crippen LogP contribution in [0.2, 0.25) is 0 Å². The minimum atomic E-state index is -0.770. The van der Waals surface area contributed by atoms with Crippen molar-refractivity contribution >= 4 is 12.0 Å². The number of nitrogens with zero attached hydrogens (tertiary/aromatic N) is 1. The Kier molecular flexibility index (Phi) is 3.35.